The molecule has 0 saturated heterocycles. The molecule has 0 aliphatic carbocycles. The molecule has 1 rings (SSSR count). The molecule has 0 aliphatic heterocycles. The van der Waals surface area contributed by atoms with Crippen molar-refractivity contribution in [3.05, 3.63) is 34.3 Å². The summed E-state index contributed by atoms with van der Waals surface area (Å²) in [6.07, 6.45) is 1.75. The Kier molecular flexibility index (Phi) is 3.97. The fraction of sp³-hybridized carbons (Fsp3) is 0.222. The molecule has 0 fully saturated rings. The number of rotatable bonds is 3. The van der Waals surface area contributed by atoms with E-state index in [1.807, 2.05) is 24.3 Å². The average molecular weight is 228 g/mol. The first-order valence-electron chi connectivity index (χ1n) is 3.69. The molecule has 12 heavy (non-hydrogen) atoms. The topological polar surface area (TPSA) is 32.6 Å². The van der Waals surface area contributed by atoms with Crippen LogP contribution in [0.5, 0.6) is 0 Å². The Morgan fingerprint density at radius 1 is 1.50 bits per heavy atom. The van der Waals surface area contributed by atoms with Crippen LogP contribution in [-0.2, 0) is 0 Å². The van der Waals surface area contributed by atoms with E-state index in [9.17, 15) is 0 Å². The monoisotopic (exact) mass is 227 g/mol. The maximum Gasteiger partial charge on any atom is 0.0626 e. The molecule has 0 atom stereocenters. The van der Waals surface area contributed by atoms with Crippen molar-refractivity contribution >= 4 is 22.1 Å². The van der Waals surface area contributed by atoms with Crippen molar-refractivity contribution in [3.8, 4) is 0 Å². The van der Waals surface area contributed by atoms with Crippen LogP contribution in [0.15, 0.2) is 33.7 Å². The fourth-order valence-corrected chi connectivity index (χ4v) is 1.23. The van der Waals surface area contributed by atoms with Crippen LogP contribution < -0.4 is 0 Å². The molecular weight excluding hydrogens is 218 g/mol. The highest BCUT2D eigenvalue weighted by Crippen LogP contribution is 2.09. The van der Waals surface area contributed by atoms with E-state index in [4.69, 9.17) is 5.11 Å². The van der Waals surface area contributed by atoms with Gasteiger partial charge in [-0.15, -0.1) is 0 Å². The first-order valence-corrected chi connectivity index (χ1v) is 4.48. The van der Waals surface area contributed by atoms with Gasteiger partial charge < -0.3 is 5.11 Å². The zero-order valence-electron chi connectivity index (χ0n) is 6.57. The van der Waals surface area contributed by atoms with Gasteiger partial charge in [-0.05, 0) is 17.7 Å². The summed E-state index contributed by atoms with van der Waals surface area (Å²) in [7, 11) is 0. The van der Waals surface area contributed by atoms with Gasteiger partial charge in [0.05, 0.1) is 13.2 Å². The van der Waals surface area contributed by atoms with Crippen molar-refractivity contribution in [2.24, 2.45) is 4.99 Å². The number of benzene rings is 1. The van der Waals surface area contributed by atoms with Gasteiger partial charge in [-0.25, -0.2) is 0 Å². The van der Waals surface area contributed by atoms with Crippen LogP contribution in [0.4, 0.5) is 0 Å². The molecule has 2 nitrogen and oxygen atoms in total. The summed E-state index contributed by atoms with van der Waals surface area (Å²) in [4.78, 5) is 4.01. The molecule has 0 aromatic heterocycles. The minimum atomic E-state index is 0.102. The number of nitrogens with zero attached hydrogens (tertiary/aromatic N) is 1. The van der Waals surface area contributed by atoms with Crippen LogP contribution in [0.2, 0.25) is 0 Å². The Balaban J connectivity index is 2.63. The van der Waals surface area contributed by atoms with Gasteiger partial charge in [0.1, 0.15) is 0 Å². The van der Waals surface area contributed by atoms with Gasteiger partial charge in [0.2, 0.25) is 0 Å². The van der Waals surface area contributed by atoms with Crippen LogP contribution in [0, 0.1) is 0 Å². The quantitative estimate of drug-likeness (QED) is 0.787. The predicted octanol–water partition coefficient (Wildman–Crippen LogP) is 1.86. The van der Waals surface area contributed by atoms with E-state index in [-0.39, 0.29) is 6.61 Å². The minimum Gasteiger partial charge on any atom is -0.394 e. The van der Waals surface area contributed by atoms with Crippen molar-refractivity contribution in [1.82, 2.24) is 0 Å². The van der Waals surface area contributed by atoms with Gasteiger partial charge in [-0.3, -0.25) is 4.99 Å². The van der Waals surface area contributed by atoms with E-state index >= 15 is 0 Å². The second kappa shape index (κ2) is 5.06. The van der Waals surface area contributed by atoms with Gasteiger partial charge in [0.25, 0.3) is 0 Å². The van der Waals surface area contributed by atoms with Crippen molar-refractivity contribution < 1.29 is 5.11 Å². The molecule has 1 aromatic carbocycles. The summed E-state index contributed by atoms with van der Waals surface area (Å²) in [5.74, 6) is 0. The lowest BCUT2D eigenvalue weighted by Gasteiger charge is -1.92. The summed E-state index contributed by atoms with van der Waals surface area (Å²) in [6.45, 7) is 0.566. The van der Waals surface area contributed by atoms with Crippen molar-refractivity contribution in [3.63, 3.8) is 0 Å². The van der Waals surface area contributed by atoms with Crippen molar-refractivity contribution in [2.75, 3.05) is 13.2 Å². The molecule has 0 unspecified atom stereocenters. The second-order valence-electron chi connectivity index (χ2n) is 2.31. The Hall–Kier alpha value is -0.670. The van der Waals surface area contributed by atoms with Crippen LogP contribution in [0.1, 0.15) is 5.56 Å². The van der Waals surface area contributed by atoms with Gasteiger partial charge in [-0.2, -0.15) is 0 Å². The summed E-state index contributed by atoms with van der Waals surface area (Å²) >= 11 is 3.36. The molecule has 0 heterocycles. The molecule has 0 amide bonds. The lowest BCUT2D eigenvalue weighted by Crippen LogP contribution is -1.88. The molecule has 1 N–H and O–H groups in total. The van der Waals surface area contributed by atoms with Crippen molar-refractivity contribution in [2.45, 2.75) is 0 Å². The number of aliphatic hydroxyl groups excluding tert-OH is 1. The summed E-state index contributed by atoms with van der Waals surface area (Å²) in [6, 6.07) is 7.85. The minimum absolute atomic E-state index is 0.102. The third kappa shape index (κ3) is 3.15. The maximum absolute atomic E-state index is 8.48. The molecule has 0 spiro atoms. The van der Waals surface area contributed by atoms with E-state index in [0.29, 0.717) is 6.54 Å². The summed E-state index contributed by atoms with van der Waals surface area (Å²) < 4.78 is 1.04. The lowest BCUT2D eigenvalue weighted by molar-refractivity contribution is 0.307. The third-order valence-corrected chi connectivity index (χ3v) is 1.81. The number of hydrogen-bond donors (Lipinski definition) is 1. The molecule has 1 aromatic rings. The van der Waals surface area contributed by atoms with Gasteiger partial charge >= 0.3 is 0 Å². The first-order chi connectivity index (χ1) is 5.83. The predicted molar refractivity (Wildman–Crippen MR) is 53.7 cm³/mol. The molecule has 3 heteroatoms. The SMILES string of the molecule is OCCN=Cc1cccc(Br)c1. The Morgan fingerprint density at radius 3 is 3.00 bits per heavy atom. The number of hydrogen-bond acceptors (Lipinski definition) is 2. The number of aliphatic hydroxyl groups is 1. The first kappa shape index (κ1) is 9.42. The van der Waals surface area contributed by atoms with Crippen LogP contribution in [0.25, 0.3) is 0 Å². The van der Waals surface area contributed by atoms with E-state index in [1.165, 1.54) is 0 Å². The van der Waals surface area contributed by atoms with Crippen molar-refractivity contribution in [1.29, 1.82) is 0 Å². The Bertz CT molecular complexity index is 273. The average Bonchev–Trinajstić information content (AvgIpc) is 2.05. The zero-order valence-corrected chi connectivity index (χ0v) is 8.16. The summed E-state index contributed by atoms with van der Waals surface area (Å²) in [5, 5.41) is 8.48. The van der Waals surface area contributed by atoms with E-state index in [0.717, 1.165) is 10.0 Å². The van der Waals surface area contributed by atoms with Gasteiger partial charge in [0, 0.05) is 10.7 Å². The molecular formula is C9H10BrNO. The zero-order chi connectivity index (χ0) is 8.81. The largest absolute Gasteiger partial charge is 0.394 e. The third-order valence-electron chi connectivity index (χ3n) is 1.32. The smallest absolute Gasteiger partial charge is 0.0626 e. The highest BCUT2D eigenvalue weighted by Gasteiger charge is 1.87. The van der Waals surface area contributed by atoms with Crippen LogP contribution in [0.3, 0.4) is 0 Å². The molecule has 0 radical (unpaired) electrons. The molecule has 64 valence electrons. The highest BCUT2D eigenvalue weighted by molar-refractivity contribution is 9.10. The highest BCUT2D eigenvalue weighted by atomic mass is 79.9. The normalized spacial score (nSPS) is 10.8. The second-order valence-corrected chi connectivity index (χ2v) is 3.23. The van der Waals surface area contributed by atoms with Crippen LogP contribution in [-0.4, -0.2) is 24.5 Å². The van der Waals surface area contributed by atoms with E-state index in [1.54, 1.807) is 6.21 Å². The number of aliphatic imine (C=N–C) groups is 1. The lowest BCUT2D eigenvalue weighted by atomic mass is 10.2. The fourth-order valence-electron chi connectivity index (χ4n) is 0.815. The molecule has 0 bridgehead atoms. The van der Waals surface area contributed by atoms with Crippen LogP contribution >= 0.6 is 15.9 Å². The van der Waals surface area contributed by atoms with E-state index < -0.39 is 0 Å². The molecule has 0 aliphatic rings. The maximum atomic E-state index is 8.48. The number of halogens is 1. The molecule has 0 saturated carbocycles. The van der Waals surface area contributed by atoms with E-state index in [2.05, 4.69) is 20.9 Å². The standard InChI is InChI=1S/C9H10BrNO/c10-9-3-1-2-8(6-9)7-11-4-5-12/h1-3,6-7,12H,4-5H2. The summed E-state index contributed by atoms with van der Waals surface area (Å²) in [5.41, 5.74) is 1.04. The Labute approximate surface area is 80.1 Å². The van der Waals surface area contributed by atoms with Gasteiger partial charge in [-0.1, -0.05) is 28.1 Å². The Morgan fingerprint density at radius 2 is 2.33 bits per heavy atom. The van der Waals surface area contributed by atoms with Gasteiger partial charge in [0.15, 0.2) is 0 Å².